The molecule has 5 nitrogen and oxygen atoms in total. The molecule has 1 N–H and O–H groups in total. The van der Waals surface area contributed by atoms with E-state index in [4.69, 9.17) is 5.53 Å². The minimum atomic E-state index is -3.69. The molecule has 7 heteroatoms. The van der Waals surface area contributed by atoms with E-state index in [1.807, 2.05) is 0 Å². The van der Waals surface area contributed by atoms with Gasteiger partial charge in [-0.2, -0.15) is 5.11 Å². The van der Waals surface area contributed by atoms with Crippen LogP contribution in [0.25, 0.3) is 0 Å². The molecule has 0 saturated carbocycles. The zero-order valence-corrected chi connectivity index (χ0v) is 7.25. The van der Waals surface area contributed by atoms with E-state index >= 15 is 0 Å². The predicted molar refractivity (Wildman–Crippen MR) is 41.4 cm³/mol. The van der Waals surface area contributed by atoms with Gasteiger partial charge in [0.05, 0.1) is 11.1 Å². The Balaban J connectivity index is 3.15. The summed E-state index contributed by atoms with van der Waals surface area (Å²) in [6.45, 7) is 0. The van der Waals surface area contributed by atoms with E-state index in [-0.39, 0.29) is 4.90 Å². The average Bonchev–Trinajstić information content (AvgIpc) is 2.04. The molecular formula is C6H6FN3O2S. The molecule has 1 heterocycles. The molecule has 0 aliphatic rings. The number of hydrogen-bond donors (Lipinski definition) is 1. The molecule has 0 atom stereocenters. The third kappa shape index (κ3) is 2.28. The van der Waals surface area contributed by atoms with Gasteiger partial charge in [-0.3, -0.25) is 4.98 Å². The summed E-state index contributed by atoms with van der Waals surface area (Å²) in [6.07, 6.45) is 1.92. The van der Waals surface area contributed by atoms with Crippen LogP contribution in [0.3, 0.4) is 0 Å². The van der Waals surface area contributed by atoms with E-state index < -0.39 is 21.5 Å². The Morgan fingerprint density at radius 2 is 2.23 bits per heavy atom. The summed E-state index contributed by atoms with van der Waals surface area (Å²) >= 11 is 0. The fourth-order valence-electron chi connectivity index (χ4n) is 0.722. The van der Waals surface area contributed by atoms with Gasteiger partial charge in [0.1, 0.15) is 5.82 Å². The van der Waals surface area contributed by atoms with Crippen molar-refractivity contribution in [3.05, 3.63) is 24.3 Å². The molecule has 0 spiro atoms. The van der Waals surface area contributed by atoms with Crippen LogP contribution in [0.1, 0.15) is 0 Å². The van der Waals surface area contributed by atoms with Crippen molar-refractivity contribution in [1.29, 1.82) is 5.53 Å². The monoisotopic (exact) mass is 203 g/mol. The Morgan fingerprint density at radius 1 is 1.54 bits per heavy atom. The lowest BCUT2D eigenvalue weighted by atomic mass is 10.5. The second-order valence-corrected chi connectivity index (χ2v) is 4.20. The summed E-state index contributed by atoms with van der Waals surface area (Å²) in [5.41, 5.74) is 6.39. The maximum absolute atomic E-state index is 12.5. The third-order valence-electron chi connectivity index (χ3n) is 1.27. The van der Waals surface area contributed by atoms with Crippen molar-refractivity contribution in [2.75, 3.05) is 5.88 Å². The van der Waals surface area contributed by atoms with Gasteiger partial charge < -0.3 is 0 Å². The molecular weight excluding hydrogens is 197 g/mol. The number of pyridine rings is 1. The Labute approximate surface area is 74.0 Å². The van der Waals surface area contributed by atoms with Crippen molar-refractivity contribution in [2.45, 2.75) is 4.90 Å². The maximum atomic E-state index is 12.5. The van der Waals surface area contributed by atoms with Crippen LogP contribution in [0, 0.1) is 11.3 Å². The van der Waals surface area contributed by atoms with Gasteiger partial charge in [-0.1, -0.05) is 0 Å². The van der Waals surface area contributed by atoms with Crippen LogP contribution in [-0.2, 0) is 9.84 Å². The Bertz CT molecular complexity index is 418. The second kappa shape index (κ2) is 3.56. The fraction of sp³-hybridized carbons (Fsp3) is 0.167. The van der Waals surface area contributed by atoms with Gasteiger partial charge in [0.25, 0.3) is 0 Å². The highest BCUT2D eigenvalue weighted by Crippen LogP contribution is 2.10. The number of hydrogen-bond acceptors (Lipinski definition) is 5. The summed E-state index contributed by atoms with van der Waals surface area (Å²) in [7, 11) is -3.69. The predicted octanol–water partition coefficient (Wildman–Crippen LogP) is 0.983. The van der Waals surface area contributed by atoms with Crippen LogP contribution < -0.4 is 0 Å². The maximum Gasteiger partial charge on any atom is 0.201 e. The minimum absolute atomic E-state index is 0.261. The molecule has 13 heavy (non-hydrogen) atoms. The third-order valence-corrected chi connectivity index (χ3v) is 2.68. The molecule has 1 aromatic heterocycles. The fourth-order valence-corrected chi connectivity index (χ4v) is 1.55. The largest absolute Gasteiger partial charge is 0.260 e. The zero-order valence-electron chi connectivity index (χ0n) is 6.44. The first-order valence-corrected chi connectivity index (χ1v) is 4.88. The number of nitrogens with zero attached hydrogens (tertiary/aromatic N) is 2. The minimum Gasteiger partial charge on any atom is -0.260 e. The standard InChI is InChI=1S/C6H6FN3O2S/c7-5-1-6(3-9-2-5)13(11,12)4-10-8/h1-3,8H,4H2. The highest BCUT2D eigenvalue weighted by Gasteiger charge is 2.14. The second-order valence-electron chi connectivity index (χ2n) is 2.24. The topological polar surface area (TPSA) is 83.2 Å². The van der Waals surface area contributed by atoms with Crippen LogP contribution in [0.4, 0.5) is 4.39 Å². The van der Waals surface area contributed by atoms with E-state index in [0.29, 0.717) is 0 Å². The van der Waals surface area contributed by atoms with Gasteiger partial charge in [0, 0.05) is 6.20 Å². The molecule has 0 aromatic carbocycles. The van der Waals surface area contributed by atoms with Crippen LogP contribution in [0.5, 0.6) is 0 Å². The first kappa shape index (κ1) is 9.72. The van der Waals surface area contributed by atoms with E-state index in [9.17, 15) is 12.8 Å². The summed E-state index contributed by atoms with van der Waals surface area (Å²) in [4.78, 5) is 3.12. The van der Waals surface area contributed by atoms with Crippen molar-refractivity contribution in [1.82, 2.24) is 4.98 Å². The van der Waals surface area contributed by atoms with E-state index in [0.717, 1.165) is 18.5 Å². The van der Waals surface area contributed by atoms with Crippen molar-refractivity contribution in [3.63, 3.8) is 0 Å². The van der Waals surface area contributed by atoms with E-state index in [1.165, 1.54) is 0 Å². The SMILES string of the molecule is N=NCS(=O)(=O)c1cncc(F)c1. The Kier molecular flexibility index (Phi) is 2.66. The van der Waals surface area contributed by atoms with Crippen LogP contribution in [-0.4, -0.2) is 19.3 Å². The van der Waals surface area contributed by atoms with Crippen molar-refractivity contribution in [3.8, 4) is 0 Å². The van der Waals surface area contributed by atoms with Crippen molar-refractivity contribution < 1.29 is 12.8 Å². The normalized spacial score (nSPS) is 11.2. The molecule has 0 aliphatic carbocycles. The molecule has 70 valence electrons. The first-order chi connectivity index (χ1) is 6.06. The molecule has 0 unspecified atom stereocenters. The summed E-state index contributed by atoms with van der Waals surface area (Å²) in [6, 6.07) is 0.841. The lowest BCUT2D eigenvalue weighted by Crippen LogP contribution is -2.05. The highest BCUT2D eigenvalue weighted by atomic mass is 32.2. The molecule has 0 amide bonds. The lowest BCUT2D eigenvalue weighted by Gasteiger charge is -1.98. The highest BCUT2D eigenvalue weighted by molar-refractivity contribution is 7.91. The Hall–Kier alpha value is -1.37. The quantitative estimate of drug-likeness (QED) is 0.743. The van der Waals surface area contributed by atoms with E-state index in [1.54, 1.807) is 0 Å². The molecule has 0 aliphatic heterocycles. The molecule has 0 fully saturated rings. The number of halogens is 1. The first-order valence-electron chi connectivity index (χ1n) is 3.23. The van der Waals surface area contributed by atoms with Gasteiger partial charge in [-0.15, -0.1) is 0 Å². The lowest BCUT2D eigenvalue weighted by molar-refractivity contribution is 0.587. The summed E-state index contributed by atoms with van der Waals surface area (Å²) < 4.78 is 34.9. The summed E-state index contributed by atoms with van der Waals surface area (Å²) in [5, 5.41) is 2.73. The van der Waals surface area contributed by atoms with Gasteiger partial charge in [-0.25, -0.2) is 18.3 Å². The van der Waals surface area contributed by atoms with Crippen LogP contribution >= 0.6 is 0 Å². The number of nitrogens with one attached hydrogen (secondary N) is 1. The van der Waals surface area contributed by atoms with Gasteiger partial charge in [0.15, 0.2) is 5.88 Å². The van der Waals surface area contributed by atoms with Gasteiger partial charge in [-0.05, 0) is 6.07 Å². The van der Waals surface area contributed by atoms with Crippen molar-refractivity contribution in [2.24, 2.45) is 5.11 Å². The molecule has 0 bridgehead atoms. The van der Waals surface area contributed by atoms with E-state index in [2.05, 4.69) is 10.1 Å². The number of rotatable bonds is 3. The van der Waals surface area contributed by atoms with Gasteiger partial charge in [0.2, 0.25) is 9.84 Å². The zero-order chi connectivity index (χ0) is 9.90. The number of sulfone groups is 1. The molecule has 0 radical (unpaired) electrons. The smallest absolute Gasteiger partial charge is 0.201 e. The van der Waals surface area contributed by atoms with Crippen LogP contribution in [0.2, 0.25) is 0 Å². The average molecular weight is 203 g/mol. The van der Waals surface area contributed by atoms with Crippen molar-refractivity contribution >= 4 is 9.84 Å². The van der Waals surface area contributed by atoms with Gasteiger partial charge >= 0.3 is 0 Å². The molecule has 1 aromatic rings. The summed E-state index contributed by atoms with van der Waals surface area (Å²) in [5.74, 6) is -1.41. The molecule has 0 saturated heterocycles. The number of aromatic nitrogens is 1. The molecule has 1 rings (SSSR count). The van der Waals surface area contributed by atoms with Crippen LogP contribution in [0.15, 0.2) is 28.5 Å². The Morgan fingerprint density at radius 3 is 2.77 bits per heavy atom.